The normalized spacial score (nSPS) is 14.9. The minimum atomic E-state index is -0.601. The van der Waals surface area contributed by atoms with Crippen LogP contribution in [-0.4, -0.2) is 47.8 Å². The minimum Gasteiger partial charge on any atom is -0.324 e. The number of nitrogens with one attached hydrogen (secondary N) is 1. The third-order valence-corrected chi connectivity index (χ3v) is 3.03. The van der Waals surface area contributed by atoms with Gasteiger partial charge in [-0.3, -0.25) is 14.5 Å². The largest absolute Gasteiger partial charge is 0.327 e. The van der Waals surface area contributed by atoms with E-state index in [0.717, 1.165) is 11.0 Å². The van der Waals surface area contributed by atoms with Gasteiger partial charge in [0, 0.05) is 12.7 Å². The Morgan fingerprint density at radius 2 is 2.15 bits per heavy atom. The van der Waals surface area contributed by atoms with Crippen molar-refractivity contribution in [3.63, 3.8) is 0 Å². The first-order valence-electron chi connectivity index (χ1n) is 5.69. The molecule has 0 aliphatic carbocycles. The lowest BCUT2D eigenvalue weighted by Crippen LogP contribution is -2.38. The maximum absolute atomic E-state index is 13.0. The summed E-state index contributed by atoms with van der Waals surface area (Å²) in [6, 6.07) is 3.16. The van der Waals surface area contributed by atoms with Crippen LogP contribution in [0, 0.1) is 5.82 Å². The van der Waals surface area contributed by atoms with Gasteiger partial charge in [-0.15, -0.1) is 0 Å². The number of amides is 4. The van der Waals surface area contributed by atoms with Gasteiger partial charge in [0.1, 0.15) is 18.9 Å². The maximum Gasteiger partial charge on any atom is 0.327 e. The molecule has 1 saturated heterocycles. The first kappa shape index (κ1) is 14.3. The van der Waals surface area contributed by atoms with Gasteiger partial charge in [0.2, 0.25) is 5.91 Å². The molecule has 0 spiro atoms. The van der Waals surface area contributed by atoms with Crippen molar-refractivity contribution in [1.29, 1.82) is 0 Å². The second-order valence-corrected chi connectivity index (χ2v) is 4.70. The lowest BCUT2D eigenvalue weighted by Gasteiger charge is -2.14. The van der Waals surface area contributed by atoms with Crippen molar-refractivity contribution in [2.75, 3.05) is 25.5 Å². The van der Waals surface area contributed by atoms with Gasteiger partial charge < -0.3 is 10.2 Å². The van der Waals surface area contributed by atoms with Crippen LogP contribution in [0.2, 0.25) is 5.02 Å². The number of rotatable bonds is 3. The van der Waals surface area contributed by atoms with E-state index in [1.165, 1.54) is 24.1 Å². The molecule has 20 heavy (non-hydrogen) atoms. The zero-order chi connectivity index (χ0) is 14.9. The molecule has 0 radical (unpaired) electrons. The fourth-order valence-electron chi connectivity index (χ4n) is 1.74. The predicted octanol–water partition coefficient (Wildman–Crippen LogP) is 1.31. The Labute approximate surface area is 119 Å². The van der Waals surface area contributed by atoms with E-state index >= 15 is 0 Å². The summed E-state index contributed by atoms with van der Waals surface area (Å²) in [5.74, 6) is -1.61. The van der Waals surface area contributed by atoms with Gasteiger partial charge >= 0.3 is 6.03 Å². The molecule has 1 aromatic rings. The number of carbonyl (C=O) groups is 3. The van der Waals surface area contributed by atoms with Gasteiger partial charge in [-0.25, -0.2) is 9.18 Å². The molecule has 106 valence electrons. The molecule has 1 fully saturated rings. The van der Waals surface area contributed by atoms with Gasteiger partial charge in [-0.05, 0) is 18.2 Å². The minimum absolute atomic E-state index is 0.0471. The summed E-state index contributed by atoms with van der Waals surface area (Å²) in [4.78, 5) is 36.9. The number of imide groups is 1. The van der Waals surface area contributed by atoms with Gasteiger partial charge in [0.05, 0.1) is 5.02 Å². The predicted molar refractivity (Wildman–Crippen MR) is 69.8 cm³/mol. The molecular weight excluding hydrogens is 289 g/mol. The monoisotopic (exact) mass is 299 g/mol. The first-order chi connectivity index (χ1) is 9.38. The lowest BCUT2D eigenvalue weighted by atomic mass is 10.3. The molecule has 0 bridgehead atoms. The van der Waals surface area contributed by atoms with Crippen molar-refractivity contribution < 1.29 is 18.8 Å². The Bertz CT molecular complexity index is 593. The number of nitrogens with zero attached hydrogens (tertiary/aromatic N) is 2. The molecule has 1 aromatic carbocycles. The van der Waals surface area contributed by atoms with Crippen LogP contribution in [0.1, 0.15) is 0 Å². The molecule has 1 aliphatic heterocycles. The van der Waals surface area contributed by atoms with Gasteiger partial charge in [0.25, 0.3) is 5.91 Å². The number of halogens is 2. The number of anilines is 1. The first-order valence-corrected chi connectivity index (χ1v) is 6.06. The fourth-order valence-corrected chi connectivity index (χ4v) is 1.92. The second kappa shape index (κ2) is 5.46. The number of benzene rings is 1. The van der Waals surface area contributed by atoms with E-state index in [-0.39, 0.29) is 17.3 Å². The van der Waals surface area contributed by atoms with Crippen LogP contribution < -0.4 is 5.32 Å². The highest BCUT2D eigenvalue weighted by molar-refractivity contribution is 6.31. The van der Waals surface area contributed by atoms with E-state index < -0.39 is 30.2 Å². The number of hydrogen-bond acceptors (Lipinski definition) is 3. The zero-order valence-electron chi connectivity index (χ0n) is 10.5. The molecule has 0 unspecified atom stereocenters. The average molecular weight is 300 g/mol. The maximum atomic E-state index is 13.0. The smallest absolute Gasteiger partial charge is 0.324 e. The summed E-state index contributed by atoms with van der Waals surface area (Å²) in [6.45, 7) is -0.439. The van der Waals surface area contributed by atoms with E-state index in [9.17, 15) is 18.8 Å². The molecule has 0 saturated carbocycles. The molecular formula is C12H11ClFN3O3. The lowest BCUT2D eigenvalue weighted by molar-refractivity contribution is -0.129. The highest BCUT2D eigenvalue weighted by atomic mass is 35.5. The Kier molecular flexibility index (Phi) is 3.89. The van der Waals surface area contributed by atoms with Gasteiger partial charge in [-0.1, -0.05) is 11.6 Å². The van der Waals surface area contributed by atoms with Crippen molar-refractivity contribution in [2.45, 2.75) is 0 Å². The molecule has 1 heterocycles. The number of hydrogen-bond donors (Lipinski definition) is 1. The van der Waals surface area contributed by atoms with E-state index in [1.54, 1.807) is 0 Å². The number of likely N-dealkylation sites (N-methyl/N-ethyl adjacent to an activating group) is 1. The molecule has 1 N–H and O–H groups in total. The highest BCUT2D eigenvalue weighted by Gasteiger charge is 2.34. The van der Waals surface area contributed by atoms with Crippen LogP contribution in [0.3, 0.4) is 0 Å². The van der Waals surface area contributed by atoms with Crippen LogP contribution in [-0.2, 0) is 9.59 Å². The average Bonchev–Trinajstić information content (AvgIpc) is 2.61. The Balaban J connectivity index is 2.00. The molecule has 0 aromatic heterocycles. The molecule has 2 rings (SSSR count). The fraction of sp³-hybridized carbons (Fsp3) is 0.250. The Morgan fingerprint density at radius 3 is 2.70 bits per heavy atom. The number of carbonyl (C=O) groups excluding carboxylic acids is 3. The molecule has 1 aliphatic rings. The third-order valence-electron chi connectivity index (χ3n) is 2.74. The Morgan fingerprint density at radius 1 is 1.45 bits per heavy atom. The summed E-state index contributed by atoms with van der Waals surface area (Å²) in [5, 5.41) is 2.31. The van der Waals surface area contributed by atoms with Crippen LogP contribution >= 0.6 is 11.6 Å². The van der Waals surface area contributed by atoms with Crippen LogP contribution in [0.25, 0.3) is 0 Å². The quantitative estimate of drug-likeness (QED) is 0.856. The standard InChI is InChI=1S/C12H11ClFN3O3/c1-16-6-11(19)17(12(16)20)5-10(18)15-7-2-3-9(14)8(13)4-7/h2-4H,5-6H2,1H3,(H,15,18). The van der Waals surface area contributed by atoms with E-state index in [4.69, 9.17) is 11.6 Å². The van der Waals surface area contributed by atoms with Gasteiger partial charge in [-0.2, -0.15) is 0 Å². The summed E-state index contributed by atoms with van der Waals surface area (Å²) < 4.78 is 13.0. The van der Waals surface area contributed by atoms with Gasteiger partial charge in [0.15, 0.2) is 0 Å². The van der Waals surface area contributed by atoms with E-state index in [1.807, 2.05) is 0 Å². The van der Waals surface area contributed by atoms with Crippen molar-refractivity contribution >= 4 is 35.1 Å². The second-order valence-electron chi connectivity index (χ2n) is 4.30. The topological polar surface area (TPSA) is 69.7 Å². The third kappa shape index (κ3) is 2.88. The van der Waals surface area contributed by atoms with Crippen molar-refractivity contribution in [3.05, 3.63) is 29.0 Å². The molecule has 6 nitrogen and oxygen atoms in total. The van der Waals surface area contributed by atoms with Crippen LogP contribution in [0.4, 0.5) is 14.9 Å². The zero-order valence-corrected chi connectivity index (χ0v) is 11.3. The van der Waals surface area contributed by atoms with Crippen LogP contribution in [0.15, 0.2) is 18.2 Å². The highest BCUT2D eigenvalue weighted by Crippen LogP contribution is 2.19. The summed E-state index contributed by atoms with van der Waals surface area (Å²) in [7, 11) is 1.47. The SMILES string of the molecule is CN1CC(=O)N(CC(=O)Nc2ccc(F)c(Cl)c2)C1=O. The van der Waals surface area contributed by atoms with E-state index in [2.05, 4.69) is 5.32 Å². The molecule has 8 heteroatoms. The molecule has 0 atom stereocenters. The molecule has 4 amide bonds. The summed E-state index contributed by atoms with van der Waals surface area (Å²) in [5.41, 5.74) is 0.286. The van der Waals surface area contributed by atoms with Crippen LogP contribution in [0.5, 0.6) is 0 Å². The number of urea groups is 1. The van der Waals surface area contributed by atoms with Crippen molar-refractivity contribution in [2.24, 2.45) is 0 Å². The van der Waals surface area contributed by atoms with E-state index in [0.29, 0.717) is 0 Å². The van der Waals surface area contributed by atoms with Crippen molar-refractivity contribution in [1.82, 2.24) is 9.80 Å². The Hall–Kier alpha value is -2.15. The summed E-state index contributed by atoms with van der Waals surface area (Å²) in [6.07, 6.45) is 0. The van der Waals surface area contributed by atoms with Crippen molar-refractivity contribution in [3.8, 4) is 0 Å². The summed E-state index contributed by atoms with van der Waals surface area (Å²) >= 11 is 5.58.